The largest absolute Gasteiger partial charge is 0.326 e. The summed E-state index contributed by atoms with van der Waals surface area (Å²) in [7, 11) is 1.82. The van der Waals surface area contributed by atoms with Gasteiger partial charge in [-0.3, -0.25) is 9.48 Å². The van der Waals surface area contributed by atoms with E-state index in [1.807, 2.05) is 13.2 Å². The number of carbonyl (C=O) groups is 1. The van der Waals surface area contributed by atoms with Crippen molar-refractivity contribution < 1.29 is 4.79 Å². The molecule has 0 bridgehead atoms. The molecule has 0 spiro atoms. The third-order valence-corrected chi connectivity index (χ3v) is 2.55. The van der Waals surface area contributed by atoms with Gasteiger partial charge in [-0.25, -0.2) is 0 Å². The van der Waals surface area contributed by atoms with Crippen LogP contribution in [0.1, 0.15) is 24.8 Å². The number of hydrogen-bond acceptors (Lipinski definition) is 3. The molecule has 82 valence electrons. The first-order valence-electron chi connectivity index (χ1n) is 5.21. The molecule has 1 aliphatic rings. The highest BCUT2D eigenvalue weighted by Crippen LogP contribution is 2.32. The summed E-state index contributed by atoms with van der Waals surface area (Å²) < 4.78 is 1.66. The Bertz CT molecular complexity index is 367. The van der Waals surface area contributed by atoms with Crippen molar-refractivity contribution in [2.24, 2.45) is 18.7 Å². The van der Waals surface area contributed by atoms with Crippen LogP contribution in [0.5, 0.6) is 0 Å². The maximum absolute atomic E-state index is 11.5. The minimum absolute atomic E-state index is 0.0471. The molecule has 1 aliphatic carbocycles. The van der Waals surface area contributed by atoms with Crippen LogP contribution in [0.25, 0.3) is 0 Å². The molecule has 1 aromatic heterocycles. The van der Waals surface area contributed by atoms with Gasteiger partial charge in [0.25, 0.3) is 0 Å². The van der Waals surface area contributed by atoms with Gasteiger partial charge >= 0.3 is 0 Å². The maximum Gasteiger partial charge on any atom is 0.225 e. The van der Waals surface area contributed by atoms with Gasteiger partial charge in [0.15, 0.2) is 5.82 Å². The van der Waals surface area contributed by atoms with Crippen molar-refractivity contribution in [2.75, 3.05) is 5.32 Å². The first-order chi connectivity index (χ1) is 7.19. The lowest BCUT2D eigenvalue weighted by atomic mass is 10.2. The Hall–Kier alpha value is -1.36. The van der Waals surface area contributed by atoms with Crippen LogP contribution in [0.3, 0.4) is 0 Å². The van der Waals surface area contributed by atoms with E-state index in [9.17, 15) is 4.79 Å². The minimum atomic E-state index is 0.0471. The molecular weight excluding hydrogens is 192 g/mol. The predicted molar refractivity (Wildman–Crippen MR) is 57.1 cm³/mol. The van der Waals surface area contributed by atoms with Crippen molar-refractivity contribution in [2.45, 2.75) is 25.8 Å². The van der Waals surface area contributed by atoms with Crippen LogP contribution >= 0.6 is 0 Å². The number of hydrogen-bond donors (Lipinski definition) is 2. The predicted octanol–water partition coefficient (Wildman–Crippen LogP) is 0.617. The Morgan fingerprint density at radius 2 is 2.47 bits per heavy atom. The third kappa shape index (κ3) is 2.56. The van der Waals surface area contributed by atoms with Gasteiger partial charge in [-0.05, 0) is 18.8 Å². The zero-order valence-corrected chi connectivity index (χ0v) is 8.86. The first-order valence-corrected chi connectivity index (χ1v) is 5.21. The van der Waals surface area contributed by atoms with E-state index in [0.29, 0.717) is 24.7 Å². The quantitative estimate of drug-likeness (QED) is 0.761. The third-order valence-electron chi connectivity index (χ3n) is 2.55. The number of nitrogens with zero attached hydrogens (tertiary/aromatic N) is 2. The number of aromatic nitrogens is 2. The summed E-state index contributed by atoms with van der Waals surface area (Å²) in [4.78, 5) is 11.5. The highest BCUT2D eigenvalue weighted by atomic mass is 16.1. The lowest BCUT2D eigenvalue weighted by Crippen LogP contribution is -2.14. The number of amides is 1. The van der Waals surface area contributed by atoms with Crippen LogP contribution in [0, 0.1) is 5.92 Å². The van der Waals surface area contributed by atoms with E-state index in [1.54, 1.807) is 4.68 Å². The molecule has 1 heterocycles. The average molecular weight is 208 g/mol. The van der Waals surface area contributed by atoms with Gasteiger partial charge in [0.2, 0.25) is 5.91 Å². The van der Waals surface area contributed by atoms with Crippen molar-refractivity contribution in [3.8, 4) is 0 Å². The molecule has 0 aromatic carbocycles. The number of anilines is 1. The number of rotatable bonds is 4. The zero-order valence-electron chi connectivity index (χ0n) is 8.86. The van der Waals surface area contributed by atoms with Gasteiger partial charge in [-0.15, -0.1) is 0 Å². The SMILES string of the molecule is Cn1cc(CN)c(NC(=O)CC2CC2)n1. The molecule has 0 unspecified atom stereocenters. The van der Waals surface area contributed by atoms with E-state index in [4.69, 9.17) is 5.73 Å². The van der Waals surface area contributed by atoms with Crippen LogP contribution in [-0.4, -0.2) is 15.7 Å². The van der Waals surface area contributed by atoms with Crippen molar-refractivity contribution in [1.29, 1.82) is 0 Å². The smallest absolute Gasteiger partial charge is 0.225 e. The molecule has 1 saturated carbocycles. The summed E-state index contributed by atoms with van der Waals surface area (Å²) in [6, 6.07) is 0. The van der Waals surface area contributed by atoms with Gasteiger partial charge in [0.05, 0.1) is 0 Å². The molecular formula is C10H16N4O. The average Bonchev–Trinajstić information content (AvgIpc) is 2.90. The highest BCUT2D eigenvalue weighted by molar-refractivity contribution is 5.90. The van der Waals surface area contributed by atoms with Crippen molar-refractivity contribution >= 4 is 11.7 Å². The maximum atomic E-state index is 11.5. The molecule has 0 aliphatic heterocycles. The summed E-state index contributed by atoms with van der Waals surface area (Å²) in [6.07, 6.45) is 4.80. The van der Waals surface area contributed by atoms with Crippen LogP contribution in [0.2, 0.25) is 0 Å². The fourth-order valence-corrected chi connectivity index (χ4v) is 1.56. The molecule has 1 amide bonds. The molecule has 5 nitrogen and oxygen atoms in total. The monoisotopic (exact) mass is 208 g/mol. The Kier molecular flexibility index (Phi) is 2.73. The van der Waals surface area contributed by atoms with Gasteiger partial charge in [-0.2, -0.15) is 5.10 Å². The molecule has 1 aromatic rings. The second kappa shape index (κ2) is 4.02. The Morgan fingerprint density at radius 3 is 3.07 bits per heavy atom. The number of aryl methyl sites for hydroxylation is 1. The summed E-state index contributed by atoms with van der Waals surface area (Å²) in [5.41, 5.74) is 6.43. The van der Waals surface area contributed by atoms with E-state index < -0.39 is 0 Å². The van der Waals surface area contributed by atoms with E-state index in [0.717, 1.165) is 5.56 Å². The lowest BCUT2D eigenvalue weighted by molar-refractivity contribution is -0.116. The van der Waals surface area contributed by atoms with Crippen LogP contribution < -0.4 is 11.1 Å². The van der Waals surface area contributed by atoms with Gasteiger partial charge in [0.1, 0.15) is 0 Å². The summed E-state index contributed by atoms with van der Waals surface area (Å²) in [5, 5.41) is 6.96. The Labute approximate surface area is 88.6 Å². The van der Waals surface area contributed by atoms with Gasteiger partial charge in [0, 0.05) is 31.8 Å². The second-order valence-corrected chi connectivity index (χ2v) is 4.08. The molecule has 5 heteroatoms. The summed E-state index contributed by atoms with van der Waals surface area (Å²) >= 11 is 0. The highest BCUT2D eigenvalue weighted by Gasteiger charge is 2.24. The number of carbonyl (C=O) groups excluding carboxylic acids is 1. The molecule has 0 radical (unpaired) electrons. The number of nitrogens with two attached hydrogens (primary N) is 1. The lowest BCUT2D eigenvalue weighted by Gasteiger charge is -2.02. The van der Waals surface area contributed by atoms with Gasteiger partial charge in [-0.1, -0.05) is 0 Å². The summed E-state index contributed by atoms with van der Waals surface area (Å²) in [5.74, 6) is 1.24. The minimum Gasteiger partial charge on any atom is -0.326 e. The first kappa shape index (κ1) is 10.2. The molecule has 1 fully saturated rings. The summed E-state index contributed by atoms with van der Waals surface area (Å²) in [6.45, 7) is 0.396. The van der Waals surface area contributed by atoms with Crippen molar-refractivity contribution in [3.63, 3.8) is 0 Å². The number of nitrogens with one attached hydrogen (secondary N) is 1. The molecule has 0 atom stereocenters. The molecule has 2 rings (SSSR count). The van der Waals surface area contributed by atoms with E-state index in [-0.39, 0.29) is 5.91 Å². The molecule has 3 N–H and O–H groups in total. The van der Waals surface area contributed by atoms with Crippen LogP contribution in [0.15, 0.2) is 6.20 Å². The standard InChI is InChI=1S/C10H16N4O/c1-14-6-8(5-11)10(13-14)12-9(15)4-7-2-3-7/h6-7H,2-5,11H2,1H3,(H,12,13,15). The van der Waals surface area contributed by atoms with E-state index in [2.05, 4.69) is 10.4 Å². The van der Waals surface area contributed by atoms with Crippen LogP contribution in [0.4, 0.5) is 5.82 Å². The molecule has 0 saturated heterocycles. The Morgan fingerprint density at radius 1 is 1.73 bits per heavy atom. The Balaban J connectivity index is 1.98. The molecule has 15 heavy (non-hydrogen) atoms. The van der Waals surface area contributed by atoms with Crippen molar-refractivity contribution in [1.82, 2.24) is 9.78 Å². The zero-order chi connectivity index (χ0) is 10.8. The fourth-order valence-electron chi connectivity index (χ4n) is 1.56. The normalized spacial score (nSPS) is 15.3. The van der Waals surface area contributed by atoms with Crippen LogP contribution in [-0.2, 0) is 18.4 Å². The fraction of sp³-hybridized carbons (Fsp3) is 0.600. The topological polar surface area (TPSA) is 72.9 Å². The van der Waals surface area contributed by atoms with Gasteiger partial charge < -0.3 is 11.1 Å². The van der Waals surface area contributed by atoms with E-state index in [1.165, 1.54) is 12.8 Å². The second-order valence-electron chi connectivity index (χ2n) is 4.08. The van der Waals surface area contributed by atoms with E-state index >= 15 is 0 Å². The van der Waals surface area contributed by atoms with Crippen molar-refractivity contribution in [3.05, 3.63) is 11.8 Å².